The number of rotatable bonds is 4. The topological polar surface area (TPSA) is 3.24 Å². The van der Waals surface area contributed by atoms with E-state index in [9.17, 15) is 0 Å². The zero-order valence-corrected chi connectivity index (χ0v) is 15.2. The molecule has 4 aromatic carbocycles. The lowest BCUT2D eigenvalue weighted by atomic mass is 10.1. The van der Waals surface area contributed by atoms with Crippen LogP contribution in [0.4, 0.5) is 11.4 Å². The van der Waals surface area contributed by atoms with Crippen molar-refractivity contribution in [1.29, 1.82) is 0 Å². The van der Waals surface area contributed by atoms with Gasteiger partial charge in [0.05, 0.1) is 10.7 Å². The maximum absolute atomic E-state index is 5.91. The zero-order valence-electron chi connectivity index (χ0n) is 14.4. The molecule has 0 aromatic heterocycles. The van der Waals surface area contributed by atoms with Crippen molar-refractivity contribution in [3.05, 3.63) is 109 Å². The SMILES string of the molecule is S=C(Cc1ccccc1)N(c1ccccc1)c1cccc2ccccc12. The van der Waals surface area contributed by atoms with E-state index in [1.165, 1.54) is 16.3 Å². The van der Waals surface area contributed by atoms with Crippen molar-refractivity contribution in [3.63, 3.8) is 0 Å². The van der Waals surface area contributed by atoms with Crippen molar-refractivity contribution in [3.8, 4) is 0 Å². The number of fused-ring (bicyclic) bond motifs is 1. The van der Waals surface area contributed by atoms with Gasteiger partial charge in [0, 0.05) is 17.5 Å². The van der Waals surface area contributed by atoms with Gasteiger partial charge in [-0.3, -0.25) is 0 Å². The Labute approximate surface area is 159 Å². The summed E-state index contributed by atoms with van der Waals surface area (Å²) in [6.45, 7) is 0. The number of para-hydroxylation sites is 1. The Morgan fingerprint density at radius 3 is 2.04 bits per heavy atom. The van der Waals surface area contributed by atoms with Crippen LogP contribution in [0.1, 0.15) is 5.56 Å². The lowest BCUT2D eigenvalue weighted by Gasteiger charge is -2.27. The average molecular weight is 353 g/mol. The standard InChI is InChI=1S/C24H19NS/c26-24(18-19-10-3-1-4-11-19)25(21-14-5-2-6-15-21)23-17-9-13-20-12-7-8-16-22(20)23/h1-17H,18H2. The second kappa shape index (κ2) is 7.51. The molecule has 0 aliphatic carbocycles. The molecular weight excluding hydrogens is 334 g/mol. The van der Waals surface area contributed by atoms with Crippen LogP contribution in [0, 0.1) is 0 Å². The van der Waals surface area contributed by atoms with E-state index in [4.69, 9.17) is 12.2 Å². The van der Waals surface area contributed by atoms with Gasteiger partial charge >= 0.3 is 0 Å². The molecule has 0 saturated carbocycles. The molecule has 26 heavy (non-hydrogen) atoms. The van der Waals surface area contributed by atoms with Crippen molar-refractivity contribution in [1.82, 2.24) is 0 Å². The molecule has 0 heterocycles. The van der Waals surface area contributed by atoms with E-state index < -0.39 is 0 Å². The molecule has 0 atom stereocenters. The first-order chi connectivity index (χ1) is 12.8. The molecule has 0 radical (unpaired) electrons. The number of hydrogen-bond donors (Lipinski definition) is 0. The molecule has 0 saturated heterocycles. The van der Waals surface area contributed by atoms with Crippen LogP contribution in [0.15, 0.2) is 103 Å². The minimum atomic E-state index is 0.730. The molecule has 0 bridgehead atoms. The van der Waals surface area contributed by atoms with Crippen LogP contribution >= 0.6 is 12.2 Å². The predicted molar refractivity (Wildman–Crippen MR) is 115 cm³/mol. The molecule has 0 aliphatic rings. The smallest absolute Gasteiger partial charge is 0.0914 e. The summed E-state index contributed by atoms with van der Waals surface area (Å²) in [6, 6.07) is 35.6. The van der Waals surface area contributed by atoms with Crippen LogP contribution < -0.4 is 4.90 Å². The molecule has 4 rings (SSSR count). The van der Waals surface area contributed by atoms with Crippen molar-refractivity contribution in [2.75, 3.05) is 4.90 Å². The average Bonchev–Trinajstić information content (AvgIpc) is 2.70. The van der Waals surface area contributed by atoms with Gasteiger partial charge in [-0.1, -0.05) is 97.1 Å². The number of anilines is 2. The molecule has 1 nitrogen and oxygen atoms in total. The van der Waals surface area contributed by atoms with Gasteiger partial charge in [0.1, 0.15) is 0 Å². The van der Waals surface area contributed by atoms with E-state index in [0.717, 1.165) is 22.8 Å². The van der Waals surface area contributed by atoms with Crippen LogP contribution in [-0.2, 0) is 6.42 Å². The van der Waals surface area contributed by atoms with E-state index >= 15 is 0 Å². The number of hydrogen-bond acceptors (Lipinski definition) is 1. The Morgan fingerprint density at radius 1 is 0.654 bits per heavy atom. The molecule has 0 unspecified atom stereocenters. The first kappa shape index (κ1) is 16.5. The number of thiocarbonyl (C=S) groups is 1. The van der Waals surface area contributed by atoms with Gasteiger partial charge in [0.25, 0.3) is 0 Å². The summed E-state index contributed by atoms with van der Waals surface area (Å²) < 4.78 is 0. The van der Waals surface area contributed by atoms with E-state index in [1.54, 1.807) is 0 Å². The molecule has 0 N–H and O–H groups in total. The summed E-state index contributed by atoms with van der Waals surface area (Å²) in [7, 11) is 0. The molecule has 0 aliphatic heterocycles. The fourth-order valence-electron chi connectivity index (χ4n) is 3.25. The molecule has 2 heteroatoms. The fourth-order valence-corrected chi connectivity index (χ4v) is 3.62. The van der Waals surface area contributed by atoms with Gasteiger partial charge in [-0.05, 0) is 29.1 Å². The van der Waals surface area contributed by atoms with Crippen LogP contribution in [0.2, 0.25) is 0 Å². The second-order valence-corrected chi connectivity index (χ2v) is 6.70. The Hall–Kier alpha value is -2.97. The lowest BCUT2D eigenvalue weighted by molar-refractivity contribution is 1.27. The first-order valence-corrected chi connectivity index (χ1v) is 9.13. The highest BCUT2D eigenvalue weighted by Crippen LogP contribution is 2.33. The molecule has 4 aromatic rings. The van der Waals surface area contributed by atoms with E-state index in [-0.39, 0.29) is 0 Å². The summed E-state index contributed by atoms with van der Waals surface area (Å²) in [5.41, 5.74) is 3.43. The van der Waals surface area contributed by atoms with Crippen LogP contribution in [-0.4, -0.2) is 4.99 Å². The molecule has 0 amide bonds. The van der Waals surface area contributed by atoms with Crippen molar-refractivity contribution >= 4 is 39.4 Å². The van der Waals surface area contributed by atoms with Gasteiger partial charge < -0.3 is 4.90 Å². The summed E-state index contributed by atoms with van der Waals surface area (Å²) in [5, 5.41) is 2.42. The van der Waals surface area contributed by atoms with Crippen LogP contribution in [0.25, 0.3) is 10.8 Å². The summed E-state index contributed by atoms with van der Waals surface area (Å²) in [6.07, 6.45) is 0.730. The van der Waals surface area contributed by atoms with Crippen molar-refractivity contribution in [2.24, 2.45) is 0 Å². The molecule has 126 valence electrons. The maximum Gasteiger partial charge on any atom is 0.0914 e. The molecule has 0 spiro atoms. The van der Waals surface area contributed by atoms with Gasteiger partial charge in [-0.15, -0.1) is 0 Å². The quantitative estimate of drug-likeness (QED) is 0.383. The van der Waals surface area contributed by atoms with Crippen molar-refractivity contribution < 1.29 is 0 Å². The van der Waals surface area contributed by atoms with Gasteiger partial charge in [0.15, 0.2) is 0 Å². The Kier molecular flexibility index (Phi) is 4.76. The normalized spacial score (nSPS) is 10.6. The summed E-state index contributed by atoms with van der Waals surface area (Å²) >= 11 is 5.91. The highest BCUT2D eigenvalue weighted by molar-refractivity contribution is 7.80. The van der Waals surface area contributed by atoms with Gasteiger partial charge in [-0.2, -0.15) is 0 Å². The third kappa shape index (κ3) is 3.37. The highest BCUT2D eigenvalue weighted by Gasteiger charge is 2.17. The van der Waals surface area contributed by atoms with Gasteiger partial charge in [0.2, 0.25) is 0 Å². The minimum absolute atomic E-state index is 0.730. The van der Waals surface area contributed by atoms with E-state index in [1.807, 2.05) is 12.1 Å². The number of nitrogens with zero attached hydrogens (tertiary/aromatic N) is 1. The molecule has 0 fully saturated rings. The zero-order chi connectivity index (χ0) is 17.8. The summed E-state index contributed by atoms with van der Waals surface area (Å²) in [4.78, 5) is 3.09. The fraction of sp³-hybridized carbons (Fsp3) is 0.0417. The summed E-state index contributed by atoms with van der Waals surface area (Å²) in [5.74, 6) is 0. The first-order valence-electron chi connectivity index (χ1n) is 8.72. The Balaban J connectivity index is 1.82. The van der Waals surface area contributed by atoms with E-state index in [0.29, 0.717) is 0 Å². The third-order valence-electron chi connectivity index (χ3n) is 4.47. The maximum atomic E-state index is 5.91. The van der Waals surface area contributed by atoms with E-state index in [2.05, 4.69) is 95.9 Å². The third-order valence-corrected chi connectivity index (χ3v) is 4.80. The molecular formula is C24H19NS. The van der Waals surface area contributed by atoms with Crippen molar-refractivity contribution in [2.45, 2.75) is 6.42 Å². The van der Waals surface area contributed by atoms with Gasteiger partial charge in [-0.25, -0.2) is 0 Å². The minimum Gasteiger partial charge on any atom is -0.304 e. The number of benzene rings is 4. The second-order valence-electron chi connectivity index (χ2n) is 6.23. The van der Waals surface area contributed by atoms with Crippen LogP contribution in [0.3, 0.4) is 0 Å². The highest BCUT2D eigenvalue weighted by atomic mass is 32.1. The van der Waals surface area contributed by atoms with Crippen LogP contribution in [0.5, 0.6) is 0 Å². The Morgan fingerprint density at radius 2 is 1.27 bits per heavy atom. The predicted octanol–water partition coefficient (Wildman–Crippen LogP) is 6.55. The Bertz CT molecular complexity index is 1020. The largest absolute Gasteiger partial charge is 0.304 e. The lowest BCUT2D eigenvalue weighted by Crippen LogP contribution is -2.26. The monoisotopic (exact) mass is 353 g/mol.